The van der Waals surface area contributed by atoms with E-state index in [1.807, 2.05) is 25.1 Å². The molecule has 0 spiro atoms. The zero-order valence-corrected chi connectivity index (χ0v) is 17.2. The van der Waals surface area contributed by atoms with Crippen molar-refractivity contribution >= 4 is 11.9 Å². The molecule has 0 radical (unpaired) electrons. The Morgan fingerprint density at radius 2 is 1.86 bits per heavy atom. The van der Waals surface area contributed by atoms with E-state index in [0.29, 0.717) is 24.0 Å². The van der Waals surface area contributed by atoms with Gasteiger partial charge in [-0.2, -0.15) is 0 Å². The summed E-state index contributed by atoms with van der Waals surface area (Å²) in [5.41, 5.74) is 1.27. The molecule has 1 aromatic rings. The summed E-state index contributed by atoms with van der Waals surface area (Å²) in [7, 11) is 0. The largest absolute Gasteiger partial charge is 0.462 e. The zero-order valence-electron chi connectivity index (χ0n) is 17.2. The first-order valence-electron chi connectivity index (χ1n) is 10.3. The van der Waals surface area contributed by atoms with E-state index < -0.39 is 5.60 Å². The van der Waals surface area contributed by atoms with Crippen LogP contribution in [0.4, 0.5) is 0 Å². The molecule has 0 unspecified atom stereocenters. The van der Waals surface area contributed by atoms with Gasteiger partial charge in [0.1, 0.15) is 11.9 Å². The molecule has 0 amide bonds. The SMILES string of the molecule is CC(=O)Oc1ccc2c(c1)CC[C@@H]1[C@H]3CC[C@H](OC(C)=O)[C@]3(C)C[C@](C)(O)[C@H]21. The van der Waals surface area contributed by atoms with E-state index in [1.54, 1.807) is 0 Å². The Hall–Kier alpha value is -1.88. The van der Waals surface area contributed by atoms with Crippen molar-refractivity contribution in [1.82, 2.24) is 0 Å². The van der Waals surface area contributed by atoms with Gasteiger partial charge >= 0.3 is 11.9 Å². The van der Waals surface area contributed by atoms with Crippen molar-refractivity contribution in [2.75, 3.05) is 0 Å². The summed E-state index contributed by atoms with van der Waals surface area (Å²) in [6.45, 7) is 7.01. The van der Waals surface area contributed by atoms with Gasteiger partial charge in [0.05, 0.1) is 5.60 Å². The van der Waals surface area contributed by atoms with Gasteiger partial charge in [-0.1, -0.05) is 13.0 Å². The topological polar surface area (TPSA) is 72.8 Å². The summed E-state index contributed by atoms with van der Waals surface area (Å²) >= 11 is 0. The molecule has 2 fully saturated rings. The van der Waals surface area contributed by atoms with Crippen molar-refractivity contribution in [1.29, 1.82) is 0 Å². The third-order valence-electron chi connectivity index (χ3n) is 7.44. The molecule has 28 heavy (non-hydrogen) atoms. The second-order valence-corrected chi connectivity index (χ2v) is 9.46. The molecule has 5 nitrogen and oxygen atoms in total. The van der Waals surface area contributed by atoms with Crippen LogP contribution in [-0.4, -0.2) is 28.8 Å². The van der Waals surface area contributed by atoms with Crippen molar-refractivity contribution in [2.45, 2.75) is 77.4 Å². The molecule has 0 saturated heterocycles. The van der Waals surface area contributed by atoms with Crippen LogP contribution in [0.3, 0.4) is 0 Å². The summed E-state index contributed by atoms with van der Waals surface area (Å²) in [6, 6.07) is 5.82. The van der Waals surface area contributed by atoms with Gasteiger partial charge in [-0.3, -0.25) is 9.59 Å². The third kappa shape index (κ3) is 3.04. The summed E-state index contributed by atoms with van der Waals surface area (Å²) in [6.07, 6.45) is 4.31. The van der Waals surface area contributed by atoms with Crippen LogP contribution in [0, 0.1) is 17.3 Å². The average molecular weight is 386 g/mol. The quantitative estimate of drug-likeness (QED) is 0.619. The fraction of sp³-hybridized carbons (Fsp3) is 0.652. The molecule has 0 bridgehead atoms. The van der Waals surface area contributed by atoms with Crippen molar-refractivity contribution < 1.29 is 24.2 Å². The number of fused-ring (bicyclic) bond motifs is 5. The van der Waals surface area contributed by atoms with E-state index in [-0.39, 0.29) is 29.4 Å². The lowest BCUT2D eigenvalue weighted by Crippen LogP contribution is -2.55. The van der Waals surface area contributed by atoms with Crippen LogP contribution in [0.1, 0.15) is 70.4 Å². The monoisotopic (exact) mass is 386 g/mol. The normalized spacial score (nSPS) is 38.8. The summed E-state index contributed by atoms with van der Waals surface area (Å²) in [5.74, 6) is 0.861. The highest BCUT2D eigenvalue weighted by Crippen LogP contribution is 2.64. The minimum absolute atomic E-state index is 0.0526. The van der Waals surface area contributed by atoms with Gasteiger partial charge in [-0.05, 0) is 74.1 Å². The van der Waals surface area contributed by atoms with Crippen LogP contribution >= 0.6 is 0 Å². The maximum atomic E-state index is 11.6. The fourth-order valence-corrected chi connectivity index (χ4v) is 6.73. The molecule has 0 aliphatic heterocycles. The van der Waals surface area contributed by atoms with Crippen molar-refractivity contribution in [3.8, 4) is 5.75 Å². The maximum absolute atomic E-state index is 11.6. The van der Waals surface area contributed by atoms with Gasteiger partial charge in [0.2, 0.25) is 0 Å². The number of hydrogen-bond acceptors (Lipinski definition) is 5. The van der Waals surface area contributed by atoms with Crippen molar-refractivity contribution in [3.63, 3.8) is 0 Å². The Balaban J connectivity index is 1.69. The van der Waals surface area contributed by atoms with Crippen LogP contribution in [0.5, 0.6) is 5.75 Å². The average Bonchev–Trinajstić information content (AvgIpc) is 2.88. The number of esters is 2. The number of carbonyl (C=O) groups is 2. The molecule has 1 aromatic carbocycles. The number of aryl methyl sites for hydroxylation is 1. The van der Waals surface area contributed by atoms with Gasteiger partial charge in [-0.15, -0.1) is 0 Å². The molecule has 0 aromatic heterocycles. The van der Waals surface area contributed by atoms with Crippen LogP contribution in [0.25, 0.3) is 0 Å². The number of benzene rings is 1. The predicted octanol–water partition coefficient (Wildman–Crippen LogP) is 3.76. The van der Waals surface area contributed by atoms with Gasteiger partial charge in [-0.25, -0.2) is 0 Å². The van der Waals surface area contributed by atoms with Gasteiger partial charge in [0, 0.05) is 25.2 Å². The Bertz CT molecular complexity index is 813. The molecule has 4 rings (SSSR count). The highest BCUT2D eigenvalue weighted by molar-refractivity contribution is 5.69. The first kappa shape index (κ1) is 19.4. The third-order valence-corrected chi connectivity index (χ3v) is 7.44. The highest BCUT2D eigenvalue weighted by atomic mass is 16.5. The van der Waals surface area contributed by atoms with E-state index in [9.17, 15) is 14.7 Å². The first-order valence-corrected chi connectivity index (χ1v) is 10.3. The summed E-state index contributed by atoms with van der Waals surface area (Å²) in [4.78, 5) is 22.9. The zero-order chi connectivity index (χ0) is 20.3. The fourth-order valence-electron chi connectivity index (χ4n) is 6.73. The lowest BCUT2D eigenvalue weighted by Gasteiger charge is -2.56. The maximum Gasteiger partial charge on any atom is 0.308 e. The summed E-state index contributed by atoms with van der Waals surface area (Å²) < 4.78 is 10.9. The Morgan fingerprint density at radius 3 is 2.54 bits per heavy atom. The van der Waals surface area contributed by atoms with Gasteiger partial charge in [0.25, 0.3) is 0 Å². The molecule has 152 valence electrons. The minimum atomic E-state index is -0.878. The molecule has 2 saturated carbocycles. The van der Waals surface area contributed by atoms with E-state index in [0.717, 1.165) is 25.7 Å². The lowest BCUT2D eigenvalue weighted by molar-refractivity contribution is -0.166. The van der Waals surface area contributed by atoms with E-state index >= 15 is 0 Å². The molecule has 5 heteroatoms. The van der Waals surface area contributed by atoms with E-state index in [4.69, 9.17) is 9.47 Å². The minimum Gasteiger partial charge on any atom is -0.462 e. The predicted molar refractivity (Wildman–Crippen MR) is 104 cm³/mol. The molecule has 1 N–H and O–H groups in total. The number of ether oxygens (including phenoxy) is 2. The Morgan fingerprint density at radius 1 is 1.11 bits per heavy atom. The van der Waals surface area contributed by atoms with E-state index in [2.05, 4.69) is 6.92 Å². The van der Waals surface area contributed by atoms with Crippen LogP contribution in [0.15, 0.2) is 18.2 Å². The van der Waals surface area contributed by atoms with Gasteiger partial charge in [0.15, 0.2) is 0 Å². The van der Waals surface area contributed by atoms with Crippen molar-refractivity contribution in [2.24, 2.45) is 17.3 Å². The molecule has 3 aliphatic rings. The van der Waals surface area contributed by atoms with Crippen LogP contribution in [0.2, 0.25) is 0 Å². The van der Waals surface area contributed by atoms with E-state index in [1.165, 1.54) is 25.0 Å². The van der Waals surface area contributed by atoms with Crippen LogP contribution in [-0.2, 0) is 20.7 Å². The first-order chi connectivity index (χ1) is 13.1. The number of hydrogen-bond donors (Lipinski definition) is 1. The lowest BCUT2D eigenvalue weighted by atomic mass is 9.50. The second kappa shape index (κ2) is 6.58. The second-order valence-electron chi connectivity index (χ2n) is 9.46. The smallest absolute Gasteiger partial charge is 0.308 e. The Labute approximate surface area is 166 Å². The molecule has 3 aliphatic carbocycles. The Kier molecular flexibility index (Phi) is 4.57. The molecular formula is C23H30O5. The van der Waals surface area contributed by atoms with Crippen molar-refractivity contribution in [3.05, 3.63) is 29.3 Å². The number of rotatable bonds is 2. The standard InChI is InChI=1S/C23H30O5/c1-13(24)27-16-6-8-17-15(11-16)5-7-18-19-9-10-20(28-14(2)25)22(19,3)12-23(4,26)21(17)18/h6,8,11,18-21,26H,5,7,9-10,12H2,1-4H3/t18-,19-,20+,21-,22-,23+/m1/s1. The molecule has 0 heterocycles. The van der Waals surface area contributed by atoms with Gasteiger partial charge < -0.3 is 14.6 Å². The molecular weight excluding hydrogens is 356 g/mol. The highest BCUT2D eigenvalue weighted by Gasteiger charge is 2.62. The number of carbonyl (C=O) groups excluding carboxylic acids is 2. The molecule has 6 atom stereocenters. The van der Waals surface area contributed by atoms with Crippen LogP contribution < -0.4 is 4.74 Å². The summed E-state index contributed by atoms with van der Waals surface area (Å²) in [5, 5.41) is 11.6. The number of aliphatic hydroxyl groups is 1.